The highest BCUT2D eigenvalue weighted by molar-refractivity contribution is 5.91. The molecule has 0 saturated carbocycles. The van der Waals surface area contributed by atoms with Crippen molar-refractivity contribution in [3.8, 4) is 0 Å². The lowest BCUT2D eigenvalue weighted by Gasteiger charge is -2.27. The highest BCUT2D eigenvalue weighted by Crippen LogP contribution is 2.41. The Morgan fingerprint density at radius 3 is 2.62 bits per heavy atom. The Morgan fingerprint density at radius 1 is 1.05 bits per heavy atom. The summed E-state index contributed by atoms with van der Waals surface area (Å²) in [5.41, 5.74) is 5.26. The Morgan fingerprint density at radius 2 is 1.81 bits per heavy atom. The summed E-state index contributed by atoms with van der Waals surface area (Å²) < 4.78 is 13.1. The molecule has 0 aromatic heterocycles. The third-order valence-electron chi connectivity index (χ3n) is 4.03. The van der Waals surface area contributed by atoms with Crippen LogP contribution in [0.2, 0.25) is 0 Å². The number of urea groups is 1. The van der Waals surface area contributed by atoms with Gasteiger partial charge in [0, 0.05) is 17.7 Å². The first-order valence-electron chi connectivity index (χ1n) is 6.86. The largest absolute Gasteiger partial charge is 0.327 e. The minimum Gasteiger partial charge on any atom is -0.327 e. The second kappa shape index (κ2) is 4.45. The number of allylic oxidation sites excluding steroid dienone is 1. The van der Waals surface area contributed by atoms with Crippen LogP contribution in [0.3, 0.4) is 0 Å². The van der Waals surface area contributed by atoms with E-state index in [-0.39, 0.29) is 17.9 Å². The zero-order valence-corrected chi connectivity index (χ0v) is 11.2. The van der Waals surface area contributed by atoms with E-state index in [0.717, 1.165) is 28.8 Å². The Hall–Kier alpha value is -2.62. The Balaban J connectivity index is 1.85. The molecule has 2 aromatic carbocycles. The minimum atomic E-state index is -0.278. The molecule has 2 N–H and O–H groups in total. The summed E-state index contributed by atoms with van der Waals surface area (Å²) in [5, 5.41) is 5.83. The summed E-state index contributed by atoms with van der Waals surface area (Å²) in [5.74, 6) is -0.278. The van der Waals surface area contributed by atoms with Gasteiger partial charge in [-0.2, -0.15) is 0 Å². The van der Waals surface area contributed by atoms with E-state index in [4.69, 9.17) is 0 Å². The number of benzene rings is 2. The lowest BCUT2D eigenvalue weighted by atomic mass is 9.92. The van der Waals surface area contributed by atoms with E-state index in [9.17, 15) is 9.18 Å². The smallest absolute Gasteiger partial charge is 0.319 e. The predicted molar refractivity (Wildman–Crippen MR) is 77.9 cm³/mol. The van der Waals surface area contributed by atoms with E-state index in [0.29, 0.717) is 0 Å². The molecule has 0 spiro atoms. The van der Waals surface area contributed by atoms with E-state index in [1.54, 1.807) is 12.1 Å². The number of amides is 2. The van der Waals surface area contributed by atoms with Crippen molar-refractivity contribution in [2.24, 2.45) is 0 Å². The van der Waals surface area contributed by atoms with Crippen molar-refractivity contribution in [2.75, 3.05) is 0 Å². The van der Waals surface area contributed by atoms with Crippen LogP contribution in [-0.4, -0.2) is 6.03 Å². The maximum Gasteiger partial charge on any atom is 0.319 e. The molecule has 3 nitrogen and oxygen atoms in total. The molecule has 0 radical (unpaired) electrons. The lowest BCUT2D eigenvalue weighted by molar-refractivity contribution is 0.240. The summed E-state index contributed by atoms with van der Waals surface area (Å²) in [4.78, 5) is 11.9. The molecule has 104 valence electrons. The molecule has 1 aliphatic heterocycles. The van der Waals surface area contributed by atoms with Crippen LogP contribution in [0.4, 0.5) is 9.18 Å². The average Bonchev–Trinajstić information content (AvgIpc) is 2.85. The van der Waals surface area contributed by atoms with Gasteiger partial charge >= 0.3 is 6.03 Å². The van der Waals surface area contributed by atoms with Gasteiger partial charge in [0.15, 0.2) is 0 Å². The number of carbonyl (C=O) groups is 1. The third-order valence-corrected chi connectivity index (χ3v) is 4.03. The maximum absolute atomic E-state index is 13.1. The molecule has 2 aliphatic rings. The van der Waals surface area contributed by atoms with E-state index in [2.05, 4.69) is 22.8 Å². The highest BCUT2D eigenvalue weighted by Gasteiger charge is 2.33. The van der Waals surface area contributed by atoms with Crippen molar-refractivity contribution in [2.45, 2.75) is 12.5 Å². The van der Waals surface area contributed by atoms with Crippen molar-refractivity contribution in [3.05, 3.63) is 76.7 Å². The summed E-state index contributed by atoms with van der Waals surface area (Å²) in [6.45, 7) is 0. The second-order valence-corrected chi connectivity index (χ2v) is 5.31. The normalized spacial score (nSPS) is 19.7. The monoisotopic (exact) mass is 280 g/mol. The average molecular weight is 280 g/mol. The molecule has 0 bridgehead atoms. The van der Waals surface area contributed by atoms with Gasteiger partial charge in [0.05, 0.1) is 6.04 Å². The standard InChI is InChI=1S/C17H13FN2O/c18-12-7-5-10(6-8-12)16-15-13-4-2-1-3-11(13)9-14(15)19-17(21)20-16/h1-8,16H,9H2,(H2,19,20,21). The second-order valence-electron chi connectivity index (χ2n) is 5.31. The number of carbonyl (C=O) groups excluding carboxylic acids is 1. The van der Waals surface area contributed by atoms with Crippen molar-refractivity contribution >= 4 is 11.6 Å². The molecule has 1 unspecified atom stereocenters. The van der Waals surface area contributed by atoms with Crippen LogP contribution in [0.25, 0.3) is 5.57 Å². The zero-order chi connectivity index (χ0) is 14.4. The fourth-order valence-corrected chi connectivity index (χ4v) is 3.11. The molecule has 4 heteroatoms. The molecule has 2 amide bonds. The summed E-state index contributed by atoms with van der Waals surface area (Å²) >= 11 is 0. The van der Waals surface area contributed by atoms with Crippen LogP contribution in [0.15, 0.2) is 54.2 Å². The van der Waals surface area contributed by atoms with Crippen LogP contribution < -0.4 is 10.6 Å². The van der Waals surface area contributed by atoms with E-state index in [1.165, 1.54) is 17.7 Å². The van der Waals surface area contributed by atoms with E-state index >= 15 is 0 Å². The molecular weight excluding hydrogens is 267 g/mol. The molecule has 21 heavy (non-hydrogen) atoms. The van der Waals surface area contributed by atoms with E-state index < -0.39 is 0 Å². The first-order chi connectivity index (χ1) is 10.2. The van der Waals surface area contributed by atoms with Gasteiger partial charge in [0.1, 0.15) is 5.82 Å². The Kier molecular flexibility index (Phi) is 2.57. The molecule has 0 saturated heterocycles. The summed E-state index contributed by atoms with van der Waals surface area (Å²) in [7, 11) is 0. The number of hydrogen-bond donors (Lipinski definition) is 2. The van der Waals surface area contributed by atoms with Crippen LogP contribution in [0.5, 0.6) is 0 Å². The Labute approximate surface area is 121 Å². The molecular formula is C17H13FN2O. The van der Waals surface area contributed by atoms with Crippen LogP contribution in [0.1, 0.15) is 22.7 Å². The van der Waals surface area contributed by atoms with Gasteiger partial charge in [0.2, 0.25) is 0 Å². The maximum atomic E-state index is 13.1. The molecule has 0 fully saturated rings. The van der Waals surface area contributed by atoms with Gasteiger partial charge in [-0.3, -0.25) is 0 Å². The number of nitrogens with one attached hydrogen (secondary N) is 2. The van der Waals surface area contributed by atoms with E-state index in [1.807, 2.05) is 12.1 Å². The van der Waals surface area contributed by atoms with Crippen molar-refractivity contribution in [3.63, 3.8) is 0 Å². The van der Waals surface area contributed by atoms with Gasteiger partial charge in [-0.15, -0.1) is 0 Å². The first-order valence-corrected chi connectivity index (χ1v) is 6.86. The van der Waals surface area contributed by atoms with Crippen LogP contribution in [-0.2, 0) is 6.42 Å². The van der Waals surface area contributed by atoms with Gasteiger partial charge in [0.25, 0.3) is 0 Å². The predicted octanol–water partition coefficient (Wildman–Crippen LogP) is 3.15. The van der Waals surface area contributed by atoms with Gasteiger partial charge < -0.3 is 10.6 Å². The van der Waals surface area contributed by atoms with Crippen molar-refractivity contribution in [1.29, 1.82) is 0 Å². The third kappa shape index (κ3) is 1.91. The molecule has 1 aliphatic carbocycles. The van der Waals surface area contributed by atoms with Crippen molar-refractivity contribution < 1.29 is 9.18 Å². The van der Waals surface area contributed by atoms with Crippen molar-refractivity contribution in [1.82, 2.24) is 10.6 Å². The summed E-state index contributed by atoms with van der Waals surface area (Å²) in [6.07, 6.45) is 0.733. The SMILES string of the molecule is O=C1NC2=C(c3ccccc3C2)C(c2ccc(F)cc2)N1. The van der Waals surface area contributed by atoms with Gasteiger partial charge in [-0.05, 0) is 28.8 Å². The molecule has 1 heterocycles. The minimum absolute atomic E-state index is 0.212. The van der Waals surface area contributed by atoms with Gasteiger partial charge in [-0.1, -0.05) is 36.4 Å². The fourth-order valence-electron chi connectivity index (χ4n) is 3.11. The quantitative estimate of drug-likeness (QED) is 0.827. The number of hydrogen-bond acceptors (Lipinski definition) is 1. The molecule has 4 rings (SSSR count). The number of rotatable bonds is 1. The topological polar surface area (TPSA) is 41.1 Å². The zero-order valence-electron chi connectivity index (χ0n) is 11.2. The first kappa shape index (κ1) is 12.1. The molecule has 1 atom stereocenters. The number of fused-ring (bicyclic) bond motifs is 2. The van der Waals surface area contributed by atoms with Crippen LogP contribution in [0, 0.1) is 5.82 Å². The van der Waals surface area contributed by atoms with Crippen LogP contribution >= 0.6 is 0 Å². The highest BCUT2D eigenvalue weighted by atomic mass is 19.1. The number of halogens is 1. The summed E-state index contributed by atoms with van der Waals surface area (Å²) in [6, 6.07) is 14.0. The molecule has 2 aromatic rings. The lowest BCUT2D eigenvalue weighted by Crippen LogP contribution is -2.42. The Bertz CT molecular complexity index is 765. The van der Waals surface area contributed by atoms with Gasteiger partial charge in [-0.25, -0.2) is 9.18 Å². The fraction of sp³-hybridized carbons (Fsp3) is 0.118.